The van der Waals surface area contributed by atoms with E-state index < -0.39 is 24.8 Å². The molecule has 1 heterocycles. The van der Waals surface area contributed by atoms with Gasteiger partial charge in [-0.1, -0.05) is 0 Å². The van der Waals surface area contributed by atoms with Crippen LogP contribution in [-0.2, 0) is 4.79 Å². The Morgan fingerprint density at radius 2 is 1.90 bits per heavy atom. The van der Waals surface area contributed by atoms with Crippen LogP contribution >= 0.6 is 0 Å². The molecule has 0 spiro atoms. The van der Waals surface area contributed by atoms with Crippen molar-refractivity contribution in [3.05, 3.63) is 0 Å². The van der Waals surface area contributed by atoms with Crippen molar-refractivity contribution in [3.63, 3.8) is 0 Å². The number of likely N-dealkylation sites (tertiary alicyclic amines) is 1. The lowest BCUT2D eigenvalue weighted by Gasteiger charge is -2.29. The van der Waals surface area contributed by atoms with Crippen LogP contribution in [0.15, 0.2) is 0 Å². The first-order valence-electron chi connectivity index (χ1n) is 6.70. The number of alkyl halides is 3. The molecule has 116 valence electrons. The van der Waals surface area contributed by atoms with Gasteiger partial charge in [-0.05, 0) is 26.7 Å². The third kappa shape index (κ3) is 4.28. The maximum Gasteiger partial charge on any atom is 0.405 e. The van der Waals surface area contributed by atoms with E-state index in [1.54, 1.807) is 4.90 Å². The number of rotatable bonds is 4. The summed E-state index contributed by atoms with van der Waals surface area (Å²) in [6.07, 6.45) is -3.33. The Labute approximate surface area is 116 Å². The lowest BCUT2D eigenvalue weighted by Crippen LogP contribution is -2.51. The Kier molecular flexibility index (Phi) is 5.64. The average molecular weight is 295 g/mol. The summed E-state index contributed by atoms with van der Waals surface area (Å²) in [5.74, 6) is -0.199. The summed E-state index contributed by atoms with van der Waals surface area (Å²) in [7, 11) is 0. The van der Waals surface area contributed by atoms with Gasteiger partial charge >= 0.3 is 12.2 Å². The maximum absolute atomic E-state index is 12.2. The van der Waals surface area contributed by atoms with Crippen LogP contribution in [0.1, 0.15) is 26.7 Å². The van der Waals surface area contributed by atoms with E-state index >= 15 is 0 Å². The summed E-state index contributed by atoms with van der Waals surface area (Å²) in [4.78, 5) is 26.7. The van der Waals surface area contributed by atoms with Crippen molar-refractivity contribution in [2.75, 3.05) is 26.2 Å². The number of likely N-dealkylation sites (N-methyl/N-ethyl adjacent to an activating group) is 1. The highest BCUT2D eigenvalue weighted by molar-refractivity contribution is 5.87. The number of halogens is 3. The number of amides is 3. The van der Waals surface area contributed by atoms with Crippen molar-refractivity contribution in [1.29, 1.82) is 0 Å². The fourth-order valence-corrected chi connectivity index (χ4v) is 2.29. The van der Waals surface area contributed by atoms with E-state index in [-0.39, 0.29) is 5.91 Å². The quantitative estimate of drug-likeness (QED) is 0.856. The Bertz CT molecular complexity index is 356. The van der Waals surface area contributed by atoms with E-state index in [4.69, 9.17) is 0 Å². The van der Waals surface area contributed by atoms with Gasteiger partial charge in [0.05, 0.1) is 0 Å². The van der Waals surface area contributed by atoms with Crippen LogP contribution < -0.4 is 5.32 Å². The van der Waals surface area contributed by atoms with Crippen molar-refractivity contribution in [1.82, 2.24) is 15.1 Å². The second kappa shape index (κ2) is 6.81. The highest BCUT2D eigenvalue weighted by Crippen LogP contribution is 2.20. The van der Waals surface area contributed by atoms with E-state index in [1.165, 1.54) is 4.90 Å². The lowest BCUT2D eigenvalue weighted by molar-refractivity contribution is -0.134. The first-order chi connectivity index (χ1) is 9.30. The second-order valence-electron chi connectivity index (χ2n) is 4.64. The third-order valence-electron chi connectivity index (χ3n) is 3.31. The minimum atomic E-state index is -4.45. The number of nitrogens with one attached hydrogen (secondary N) is 1. The summed E-state index contributed by atoms with van der Waals surface area (Å²) >= 11 is 0. The molecule has 1 aliphatic heterocycles. The summed E-state index contributed by atoms with van der Waals surface area (Å²) in [5.41, 5.74) is 0. The molecule has 1 N–H and O–H groups in total. The zero-order valence-electron chi connectivity index (χ0n) is 11.7. The number of hydrogen-bond donors (Lipinski definition) is 1. The summed E-state index contributed by atoms with van der Waals surface area (Å²) in [6.45, 7) is 3.61. The van der Waals surface area contributed by atoms with Gasteiger partial charge in [-0.25, -0.2) is 4.79 Å². The molecule has 1 fully saturated rings. The van der Waals surface area contributed by atoms with E-state index in [1.807, 2.05) is 19.2 Å². The number of hydrogen-bond acceptors (Lipinski definition) is 2. The molecule has 0 bridgehead atoms. The monoisotopic (exact) mass is 295 g/mol. The van der Waals surface area contributed by atoms with E-state index in [9.17, 15) is 22.8 Å². The number of carbonyl (C=O) groups is 2. The smallest absolute Gasteiger partial charge is 0.341 e. The van der Waals surface area contributed by atoms with Crippen LogP contribution in [0.4, 0.5) is 18.0 Å². The molecule has 20 heavy (non-hydrogen) atoms. The van der Waals surface area contributed by atoms with Crippen LogP contribution in [0.25, 0.3) is 0 Å². The topological polar surface area (TPSA) is 52.7 Å². The van der Waals surface area contributed by atoms with Crippen molar-refractivity contribution < 1.29 is 22.8 Å². The van der Waals surface area contributed by atoms with Gasteiger partial charge in [0.2, 0.25) is 5.91 Å². The molecule has 0 radical (unpaired) electrons. The van der Waals surface area contributed by atoms with Gasteiger partial charge in [0, 0.05) is 19.6 Å². The highest BCUT2D eigenvalue weighted by Gasteiger charge is 2.37. The van der Waals surface area contributed by atoms with Gasteiger partial charge < -0.3 is 15.1 Å². The molecule has 0 aromatic heterocycles. The van der Waals surface area contributed by atoms with E-state index in [2.05, 4.69) is 0 Å². The highest BCUT2D eigenvalue weighted by atomic mass is 19.4. The predicted octanol–water partition coefficient (Wildman–Crippen LogP) is 1.59. The molecule has 1 unspecified atom stereocenters. The fourth-order valence-electron chi connectivity index (χ4n) is 2.29. The largest absolute Gasteiger partial charge is 0.405 e. The summed E-state index contributed by atoms with van der Waals surface area (Å²) < 4.78 is 36.3. The van der Waals surface area contributed by atoms with Gasteiger partial charge in [0.25, 0.3) is 0 Å². The molecule has 8 heteroatoms. The van der Waals surface area contributed by atoms with Gasteiger partial charge in [-0.15, -0.1) is 0 Å². The summed E-state index contributed by atoms with van der Waals surface area (Å²) in [6, 6.07) is -1.48. The van der Waals surface area contributed by atoms with Crippen molar-refractivity contribution in [3.8, 4) is 0 Å². The predicted molar refractivity (Wildman–Crippen MR) is 67.1 cm³/mol. The summed E-state index contributed by atoms with van der Waals surface area (Å²) in [5, 5.41) is 1.82. The Morgan fingerprint density at radius 3 is 2.40 bits per heavy atom. The molecule has 1 saturated heterocycles. The molecule has 1 rings (SSSR count). The molecule has 1 aliphatic rings. The average Bonchev–Trinajstić information content (AvgIpc) is 2.85. The zero-order chi connectivity index (χ0) is 15.3. The Hall–Kier alpha value is -1.47. The molecule has 0 saturated carbocycles. The number of nitrogens with zero attached hydrogens (tertiary/aromatic N) is 2. The van der Waals surface area contributed by atoms with Crippen LogP contribution in [-0.4, -0.2) is 60.1 Å². The van der Waals surface area contributed by atoms with Crippen LogP contribution in [0, 0.1) is 0 Å². The first kappa shape index (κ1) is 16.6. The van der Waals surface area contributed by atoms with E-state index in [0.29, 0.717) is 32.5 Å². The minimum Gasteiger partial charge on any atom is -0.341 e. The molecular formula is C12H20F3N3O2. The fraction of sp³-hybridized carbons (Fsp3) is 0.833. The van der Waals surface area contributed by atoms with Crippen LogP contribution in [0.5, 0.6) is 0 Å². The third-order valence-corrected chi connectivity index (χ3v) is 3.31. The maximum atomic E-state index is 12.2. The minimum absolute atomic E-state index is 0.199. The zero-order valence-corrected chi connectivity index (χ0v) is 11.7. The molecule has 0 aliphatic carbocycles. The molecular weight excluding hydrogens is 275 g/mol. The van der Waals surface area contributed by atoms with Crippen LogP contribution in [0.2, 0.25) is 0 Å². The van der Waals surface area contributed by atoms with Gasteiger partial charge in [0.15, 0.2) is 0 Å². The SMILES string of the molecule is CCN(CC)C(=O)C1CCCN1C(=O)NCC(F)(F)F. The van der Waals surface area contributed by atoms with Crippen molar-refractivity contribution >= 4 is 11.9 Å². The Balaban J connectivity index is 2.64. The van der Waals surface area contributed by atoms with E-state index in [0.717, 1.165) is 0 Å². The van der Waals surface area contributed by atoms with Gasteiger partial charge in [0.1, 0.15) is 12.6 Å². The number of carbonyl (C=O) groups excluding carboxylic acids is 2. The molecule has 1 atom stereocenters. The second-order valence-corrected chi connectivity index (χ2v) is 4.64. The first-order valence-corrected chi connectivity index (χ1v) is 6.70. The molecule has 3 amide bonds. The van der Waals surface area contributed by atoms with Gasteiger partial charge in [-0.3, -0.25) is 4.79 Å². The van der Waals surface area contributed by atoms with Crippen molar-refractivity contribution in [2.24, 2.45) is 0 Å². The lowest BCUT2D eigenvalue weighted by atomic mass is 10.2. The molecule has 0 aromatic rings. The molecule has 0 aromatic carbocycles. The normalized spacial score (nSPS) is 19.1. The molecule has 5 nitrogen and oxygen atoms in total. The standard InChI is InChI=1S/C12H20F3N3O2/c1-3-17(4-2)10(19)9-6-5-7-18(9)11(20)16-8-12(13,14)15/h9H,3-8H2,1-2H3,(H,16,20). The Morgan fingerprint density at radius 1 is 1.30 bits per heavy atom. The number of urea groups is 1. The van der Waals surface area contributed by atoms with Crippen LogP contribution in [0.3, 0.4) is 0 Å². The van der Waals surface area contributed by atoms with Gasteiger partial charge in [-0.2, -0.15) is 13.2 Å². The van der Waals surface area contributed by atoms with Crippen molar-refractivity contribution in [2.45, 2.75) is 38.9 Å².